The van der Waals surface area contributed by atoms with E-state index in [9.17, 15) is 9.90 Å². The zero-order chi connectivity index (χ0) is 20.7. The number of hydrogen-bond donors (Lipinski definition) is 2. The molecule has 1 atom stereocenters. The number of benzene rings is 2. The number of nitrogens with one attached hydrogen (secondary N) is 1. The second-order valence-electron chi connectivity index (χ2n) is 7.78. The SMILES string of the molecule is COC[C@H]1CCCN1c1cnc2ccc(C(=O)O)cc2c1-c1ccc2[nH]ccc2c1. The second-order valence-corrected chi connectivity index (χ2v) is 7.78. The van der Waals surface area contributed by atoms with E-state index in [1.165, 1.54) is 0 Å². The molecule has 4 aromatic rings. The van der Waals surface area contributed by atoms with Crippen molar-refractivity contribution in [2.45, 2.75) is 18.9 Å². The molecular formula is C24H23N3O3. The molecule has 2 N–H and O–H groups in total. The number of fused-ring (bicyclic) bond motifs is 2. The fourth-order valence-corrected chi connectivity index (χ4v) is 4.56. The molecule has 1 aliphatic rings. The first-order valence-electron chi connectivity index (χ1n) is 10.1. The minimum Gasteiger partial charge on any atom is -0.478 e. The number of aromatic carboxylic acids is 1. The predicted molar refractivity (Wildman–Crippen MR) is 118 cm³/mol. The molecule has 0 saturated carbocycles. The van der Waals surface area contributed by atoms with Gasteiger partial charge in [-0.2, -0.15) is 0 Å². The van der Waals surface area contributed by atoms with Gasteiger partial charge in [0.15, 0.2) is 0 Å². The van der Waals surface area contributed by atoms with Gasteiger partial charge in [0.1, 0.15) is 0 Å². The number of carboxylic acids is 1. The lowest BCUT2D eigenvalue weighted by atomic mass is 9.96. The Morgan fingerprint density at radius 1 is 1.27 bits per heavy atom. The minimum atomic E-state index is -0.937. The molecule has 1 saturated heterocycles. The maximum Gasteiger partial charge on any atom is 0.335 e. The molecule has 6 nitrogen and oxygen atoms in total. The fraction of sp³-hybridized carbons (Fsp3) is 0.250. The monoisotopic (exact) mass is 401 g/mol. The number of rotatable bonds is 5. The van der Waals surface area contributed by atoms with E-state index in [2.05, 4.69) is 33.1 Å². The van der Waals surface area contributed by atoms with Crippen LogP contribution in [0.3, 0.4) is 0 Å². The largest absolute Gasteiger partial charge is 0.478 e. The average molecular weight is 401 g/mol. The van der Waals surface area contributed by atoms with Gasteiger partial charge in [-0.05, 0) is 60.2 Å². The van der Waals surface area contributed by atoms with Gasteiger partial charge in [-0.1, -0.05) is 6.07 Å². The van der Waals surface area contributed by atoms with Crippen LogP contribution in [0.5, 0.6) is 0 Å². The Hall–Kier alpha value is -3.38. The van der Waals surface area contributed by atoms with Gasteiger partial charge < -0.3 is 19.7 Å². The van der Waals surface area contributed by atoms with E-state index < -0.39 is 5.97 Å². The molecule has 152 valence electrons. The number of pyridine rings is 1. The topological polar surface area (TPSA) is 78.4 Å². The quantitative estimate of drug-likeness (QED) is 0.507. The lowest BCUT2D eigenvalue weighted by Crippen LogP contribution is -2.33. The molecule has 0 spiro atoms. The van der Waals surface area contributed by atoms with Crippen LogP contribution >= 0.6 is 0 Å². The van der Waals surface area contributed by atoms with Crippen LogP contribution < -0.4 is 4.90 Å². The van der Waals surface area contributed by atoms with E-state index in [0.29, 0.717) is 6.61 Å². The van der Waals surface area contributed by atoms with E-state index in [1.54, 1.807) is 25.3 Å². The third-order valence-corrected chi connectivity index (χ3v) is 5.98. The summed E-state index contributed by atoms with van der Waals surface area (Å²) in [7, 11) is 1.73. The predicted octanol–water partition coefficient (Wildman–Crippen LogP) is 4.70. The molecule has 2 aromatic carbocycles. The standard InChI is InChI=1S/C24H23N3O3/c1-30-14-18-3-2-10-27(18)22-13-26-21-7-5-17(24(28)29)12-19(21)23(22)16-4-6-20-15(11-16)8-9-25-20/h4-9,11-13,18,25H,2-3,10,14H2,1H3,(H,28,29)/t18-/m1/s1. The molecule has 1 aliphatic heterocycles. The van der Waals surface area contributed by atoms with E-state index in [0.717, 1.165) is 58.0 Å². The molecule has 1 fully saturated rings. The summed E-state index contributed by atoms with van der Waals surface area (Å²) in [5, 5.41) is 11.5. The van der Waals surface area contributed by atoms with Crippen LogP contribution in [0.1, 0.15) is 23.2 Å². The van der Waals surface area contributed by atoms with Crippen molar-refractivity contribution in [2.24, 2.45) is 0 Å². The summed E-state index contributed by atoms with van der Waals surface area (Å²) in [5.41, 5.74) is 5.22. The van der Waals surface area contributed by atoms with Gasteiger partial charge in [-0.15, -0.1) is 0 Å². The number of carboxylic acid groups (broad SMARTS) is 1. The van der Waals surface area contributed by atoms with E-state index in [4.69, 9.17) is 4.74 Å². The van der Waals surface area contributed by atoms with Gasteiger partial charge in [0, 0.05) is 36.3 Å². The maximum atomic E-state index is 11.7. The summed E-state index contributed by atoms with van der Waals surface area (Å²) in [6, 6.07) is 13.8. The Bertz CT molecular complexity index is 1250. The Kier molecular flexibility index (Phi) is 4.64. The summed E-state index contributed by atoms with van der Waals surface area (Å²) >= 11 is 0. The Labute approximate surface area is 174 Å². The highest BCUT2D eigenvalue weighted by atomic mass is 16.5. The second kappa shape index (κ2) is 7.46. The van der Waals surface area contributed by atoms with Gasteiger partial charge >= 0.3 is 5.97 Å². The van der Waals surface area contributed by atoms with Gasteiger partial charge in [0.05, 0.1) is 35.6 Å². The molecular weight excluding hydrogens is 378 g/mol. The highest BCUT2D eigenvalue weighted by Gasteiger charge is 2.28. The van der Waals surface area contributed by atoms with Crippen molar-refractivity contribution < 1.29 is 14.6 Å². The van der Waals surface area contributed by atoms with Crippen LogP contribution in [0.2, 0.25) is 0 Å². The lowest BCUT2D eigenvalue weighted by Gasteiger charge is -2.29. The third kappa shape index (κ3) is 3.09. The Morgan fingerprint density at radius 2 is 2.17 bits per heavy atom. The Balaban J connectivity index is 1.78. The van der Waals surface area contributed by atoms with Gasteiger partial charge in [0.2, 0.25) is 0 Å². The van der Waals surface area contributed by atoms with Crippen molar-refractivity contribution >= 4 is 33.5 Å². The van der Waals surface area contributed by atoms with Crippen molar-refractivity contribution in [1.29, 1.82) is 0 Å². The molecule has 0 radical (unpaired) electrons. The summed E-state index contributed by atoms with van der Waals surface area (Å²) < 4.78 is 5.46. The lowest BCUT2D eigenvalue weighted by molar-refractivity contribution is 0.0697. The van der Waals surface area contributed by atoms with E-state index in [1.807, 2.05) is 18.5 Å². The number of ether oxygens (including phenoxy) is 1. The van der Waals surface area contributed by atoms with Crippen LogP contribution in [-0.4, -0.2) is 47.3 Å². The number of nitrogens with zero attached hydrogens (tertiary/aromatic N) is 2. The highest BCUT2D eigenvalue weighted by molar-refractivity contribution is 6.05. The summed E-state index contributed by atoms with van der Waals surface area (Å²) in [5.74, 6) is -0.937. The summed E-state index contributed by atoms with van der Waals surface area (Å²) in [4.78, 5) is 21.9. The molecule has 0 aliphatic carbocycles. The number of H-pyrrole nitrogens is 1. The smallest absolute Gasteiger partial charge is 0.335 e. The molecule has 0 amide bonds. The van der Waals surface area contributed by atoms with Crippen molar-refractivity contribution in [3.8, 4) is 11.1 Å². The zero-order valence-corrected chi connectivity index (χ0v) is 16.8. The third-order valence-electron chi connectivity index (χ3n) is 5.98. The molecule has 0 bridgehead atoms. The van der Waals surface area contributed by atoms with Crippen LogP contribution in [0.4, 0.5) is 5.69 Å². The van der Waals surface area contributed by atoms with E-state index >= 15 is 0 Å². The molecule has 6 heteroatoms. The number of anilines is 1. The Morgan fingerprint density at radius 3 is 3.00 bits per heavy atom. The van der Waals surface area contributed by atoms with Crippen LogP contribution in [-0.2, 0) is 4.74 Å². The van der Waals surface area contributed by atoms with Crippen molar-refractivity contribution in [2.75, 3.05) is 25.2 Å². The van der Waals surface area contributed by atoms with Gasteiger partial charge in [-0.3, -0.25) is 4.98 Å². The number of aromatic amines is 1. The van der Waals surface area contributed by atoms with Crippen LogP contribution in [0, 0.1) is 0 Å². The number of hydrogen-bond acceptors (Lipinski definition) is 4. The van der Waals surface area contributed by atoms with Crippen LogP contribution in [0.25, 0.3) is 32.9 Å². The van der Waals surface area contributed by atoms with Gasteiger partial charge in [-0.25, -0.2) is 4.79 Å². The molecule has 0 unspecified atom stereocenters. The highest BCUT2D eigenvalue weighted by Crippen LogP contribution is 2.40. The normalized spacial score (nSPS) is 16.6. The average Bonchev–Trinajstić information content (AvgIpc) is 3.41. The minimum absolute atomic E-state index is 0.264. The first-order chi connectivity index (χ1) is 14.7. The first-order valence-corrected chi connectivity index (χ1v) is 10.1. The molecule has 30 heavy (non-hydrogen) atoms. The van der Waals surface area contributed by atoms with Crippen LogP contribution in [0.15, 0.2) is 54.9 Å². The van der Waals surface area contributed by atoms with Crippen molar-refractivity contribution in [1.82, 2.24) is 9.97 Å². The van der Waals surface area contributed by atoms with E-state index in [-0.39, 0.29) is 11.6 Å². The fourth-order valence-electron chi connectivity index (χ4n) is 4.56. The molecule has 2 aromatic heterocycles. The molecule has 3 heterocycles. The van der Waals surface area contributed by atoms with Gasteiger partial charge in [0.25, 0.3) is 0 Å². The van der Waals surface area contributed by atoms with Crippen molar-refractivity contribution in [3.05, 3.63) is 60.4 Å². The first kappa shape index (κ1) is 18.6. The zero-order valence-electron chi connectivity index (χ0n) is 16.8. The summed E-state index contributed by atoms with van der Waals surface area (Å²) in [6.45, 7) is 1.59. The number of aromatic nitrogens is 2. The number of carbonyl (C=O) groups is 1. The number of methoxy groups -OCH3 is 1. The molecule has 5 rings (SSSR count). The van der Waals surface area contributed by atoms with Crippen molar-refractivity contribution in [3.63, 3.8) is 0 Å². The maximum absolute atomic E-state index is 11.7. The summed E-state index contributed by atoms with van der Waals surface area (Å²) in [6.07, 6.45) is 6.01.